The van der Waals surface area contributed by atoms with Crippen molar-refractivity contribution in [3.63, 3.8) is 0 Å². The Hall–Kier alpha value is -1.69. The molecule has 6 heteroatoms. The molecule has 0 unspecified atom stereocenters. The summed E-state index contributed by atoms with van der Waals surface area (Å²) in [5.41, 5.74) is 0.658. The van der Waals surface area contributed by atoms with Gasteiger partial charge in [0.1, 0.15) is 0 Å². The second kappa shape index (κ2) is 7.19. The number of hydrogen-bond acceptors (Lipinski definition) is 5. The Morgan fingerprint density at radius 2 is 2.20 bits per heavy atom. The lowest BCUT2D eigenvalue weighted by molar-refractivity contribution is -0.384. The summed E-state index contributed by atoms with van der Waals surface area (Å²) in [5.74, 6) is 0.322. The molecule has 0 atom stereocenters. The standard InChI is InChI=1S/C14H21N3O3/c1-11-7-8-15-14(13(11)17(18)19)16-9-10-20-12-5-3-2-4-6-12/h7-8,12H,2-6,9-10H2,1H3,(H,15,16). The Kier molecular flexibility index (Phi) is 5.29. The molecular formula is C14H21N3O3. The molecule has 0 saturated heterocycles. The Labute approximate surface area is 118 Å². The lowest BCUT2D eigenvalue weighted by atomic mass is 9.98. The third kappa shape index (κ3) is 3.90. The molecule has 6 nitrogen and oxygen atoms in total. The number of ether oxygens (including phenoxy) is 1. The molecule has 1 aromatic heterocycles. The van der Waals surface area contributed by atoms with Crippen LogP contribution < -0.4 is 5.32 Å². The van der Waals surface area contributed by atoms with Gasteiger partial charge in [-0.05, 0) is 25.8 Å². The van der Waals surface area contributed by atoms with Gasteiger partial charge in [-0.1, -0.05) is 19.3 Å². The number of nitrogens with one attached hydrogen (secondary N) is 1. The van der Waals surface area contributed by atoms with Crippen molar-refractivity contribution in [2.45, 2.75) is 45.1 Å². The normalized spacial score (nSPS) is 16.1. The highest BCUT2D eigenvalue weighted by atomic mass is 16.6. The molecule has 1 aromatic rings. The van der Waals surface area contributed by atoms with Crippen molar-refractivity contribution < 1.29 is 9.66 Å². The van der Waals surface area contributed by atoms with E-state index in [1.807, 2.05) is 0 Å². The summed E-state index contributed by atoms with van der Waals surface area (Å²) in [7, 11) is 0. The van der Waals surface area contributed by atoms with Gasteiger partial charge in [0.2, 0.25) is 5.82 Å². The molecule has 1 N–H and O–H groups in total. The molecule has 0 spiro atoms. The van der Waals surface area contributed by atoms with E-state index in [0.29, 0.717) is 30.6 Å². The topological polar surface area (TPSA) is 77.3 Å². The average Bonchev–Trinajstić information content (AvgIpc) is 2.44. The monoisotopic (exact) mass is 279 g/mol. The maximum Gasteiger partial charge on any atom is 0.314 e. The fourth-order valence-electron chi connectivity index (χ4n) is 2.54. The van der Waals surface area contributed by atoms with Crippen molar-refractivity contribution in [2.24, 2.45) is 0 Å². The summed E-state index contributed by atoms with van der Waals surface area (Å²) in [6.07, 6.45) is 7.97. The van der Waals surface area contributed by atoms with Crippen LogP contribution in [0, 0.1) is 17.0 Å². The van der Waals surface area contributed by atoms with Gasteiger partial charge < -0.3 is 10.1 Å². The van der Waals surface area contributed by atoms with Crippen molar-refractivity contribution in [3.8, 4) is 0 Å². The van der Waals surface area contributed by atoms with Gasteiger partial charge in [-0.2, -0.15) is 0 Å². The smallest absolute Gasteiger partial charge is 0.314 e. The molecule has 1 aliphatic carbocycles. The Balaban J connectivity index is 1.82. The molecule has 20 heavy (non-hydrogen) atoms. The van der Waals surface area contributed by atoms with Crippen molar-refractivity contribution in [3.05, 3.63) is 27.9 Å². The van der Waals surface area contributed by atoms with Crippen LogP contribution in [0.4, 0.5) is 11.5 Å². The van der Waals surface area contributed by atoms with E-state index >= 15 is 0 Å². The number of nitrogens with zero attached hydrogens (tertiary/aromatic N) is 2. The Morgan fingerprint density at radius 1 is 1.45 bits per heavy atom. The van der Waals surface area contributed by atoms with E-state index in [2.05, 4.69) is 10.3 Å². The minimum absolute atomic E-state index is 0.0465. The van der Waals surface area contributed by atoms with Crippen LogP contribution in [0.2, 0.25) is 0 Å². The molecule has 0 aliphatic heterocycles. The van der Waals surface area contributed by atoms with Gasteiger partial charge in [-0.25, -0.2) is 4.98 Å². The second-order valence-corrected chi connectivity index (χ2v) is 5.14. The third-order valence-electron chi connectivity index (χ3n) is 3.61. The summed E-state index contributed by atoms with van der Waals surface area (Å²) in [6, 6.07) is 1.64. The van der Waals surface area contributed by atoms with E-state index < -0.39 is 4.92 Å². The summed E-state index contributed by atoms with van der Waals surface area (Å²) in [5, 5.41) is 14.0. The number of hydrogen-bond donors (Lipinski definition) is 1. The third-order valence-corrected chi connectivity index (χ3v) is 3.61. The van der Waals surface area contributed by atoms with E-state index in [1.165, 1.54) is 19.3 Å². The second-order valence-electron chi connectivity index (χ2n) is 5.14. The molecular weight excluding hydrogens is 258 g/mol. The summed E-state index contributed by atoms with van der Waals surface area (Å²) >= 11 is 0. The van der Waals surface area contributed by atoms with Crippen LogP contribution in [0.15, 0.2) is 12.3 Å². The van der Waals surface area contributed by atoms with E-state index in [0.717, 1.165) is 12.8 Å². The maximum absolute atomic E-state index is 11.0. The van der Waals surface area contributed by atoms with Crippen molar-refractivity contribution in [2.75, 3.05) is 18.5 Å². The molecule has 1 heterocycles. The van der Waals surface area contributed by atoms with Crippen molar-refractivity contribution >= 4 is 11.5 Å². The molecule has 110 valence electrons. The van der Waals surface area contributed by atoms with Crippen LogP contribution in [0.3, 0.4) is 0 Å². The van der Waals surface area contributed by atoms with Crippen LogP contribution in [0.5, 0.6) is 0 Å². The fourth-order valence-corrected chi connectivity index (χ4v) is 2.54. The van der Waals surface area contributed by atoms with Crippen molar-refractivity contribution in [1.29, 1.82) is 0 Å². The minimum atomic E-state index is -0.396. The highest BCUT2D eigenvalue weighted by molar-refractivity contribution is 5.59. The van der Waals surface area contributed by atoms with Crippen LogP contribution in [0.25, 0.3) is 0 Å². The summed E-state index contributed by atoms with van der Waals surface area (Å²) < 4.78 is 5.78. The zero-order valence-electron chi connectivity index (χ0n) is 11.8. The fraction of sp³-hybridized carbons (Fsp3) is 0.643. The first-order valence-electron chi connectivity index (χ1n) is 7.14. The van der Waals surface area contributed by atoms with Crippen LogP contribution >= 0.6 is 0 Å². The number of anilines is 1. The Bertz CT molecular complexity index is 459. The van der Waals surface area contributed by atoms with Crippen LogP contribution in [-0.2, 0) is 4.74 Å². The number of nitro groups is 1. The average molecular weight is 279 g/mol. The summed E-state index contributed by atoms with van der Waals surface area (Å²) in [6.45, 7) is 2.80. The molecule has 0 radical (unpaired) electrons. The predicted molar refractivity (Wildman–Crippen MR) is 76.9 cm³/mol. The molecule has 2 rings (SSSR count). The molecule has 1 aliphatic rings. The summed E-state index contributed by atoms with van der Waals surface area (Å²) in [4.78, 5) is 14.7. The number of pyridine rings is 1. The van der Waals surface area contributed by atoms with E-state index in [9.17, 15) is 10.1 Å². The van der Waals surface area contributed by atoms with Gasteiger partial charge in [0.25, 0.3) is 0 Å². The minimum Gasteiger partial charge on any atom is -0.376 e. The molecule has 0 aromatic carbocycles. The van der Waals surface area contributed by atoms with E-state index in [4.69, 9.17) is 4.74 Å². The van der Waals surface area contributed by atoms with Gasteiger partial charge >= 0.3 is 5.69 Å². The van der Waals surface area contributed by atoms with Gasteiger partial charge in [-0.15, -0.1) is 0 Å². The zero-order chi connectivity index (χ0) is 14.4. The lowest BCUT2D eigenvalue weighted by Crippen LogP contribution is -2.21. The lowest BCUT2D eigenvalue weighted by Gasteiger charge is -2.22. The quantitative estimate of drug-likeness (QED) is 0.492. The number of aryl methyl sites for hydroxylation is 1. The first-order valence-corrected chi connectivity index (χ1v) is 7.14. The molecule has 0 amide bonds. The number of rotatable bonds is 6. The maximum atomic E-state index is 11.0. The highest BCUT2D eigenvalue weighted by Crippen LogP contribution is 2.25. The van der Waals surface area contributed by atoms with Crippen LogP contribution in [0.1, 0.15) is 37.7 Å². The van der Waals surface area contributed by atoms with Gasteiger partial charge in [0.05, 0.1) is 17.6 Å². The first kappa shape index (κ1) is 14.7. The zero-order valence-corrected chi connectivity index (χ0v) is 11.8. The van der Waals surface area contributed by atoms with Gasteiger partial charge in [-0.3, -0.25) is 10.1 Å². The highest BCUT2D eigenvalue weighted by Gasteiger charge is 2.18. The molecule has 1 saturated carbocycles. The van der Waals surface area contributed by atoms with Gasteiger partial charge in [0.15, 0.2) is 0 Å². The SMILES string of the molecule is Cc1ccnc(NCCOC2CCCCC2)c1[N+](=O)[O-]. The first-order chi connectivity index (χ1) is 9.68. The predicted octanol–water partition coefficient (Wildman–Crippen LogP) is 3.06. The number of aromatic nitrogens is 1. The largest absolute Gasteiger partial charge is 0.376 e. The Morgan fingerprint density at radius 3 is 2.90 bits per heavy atom. The van der Waals surface area contributed by atoms with Gasteiger partial charge in [0, 0.05) is 18.3 Å². The van der Waals surface area contributed by atoms with Crippen LogP contribution in [-0.4, -0.2) is 29.2 Å². The van der Waals surface area contributed by atoms with E-state index in [1.54, 1.807) is 19.2 Å². The molecule has 1 fully saturated rings. The van der Waals surface area contributed by atoms with Crippen molar-refractivity contribution in [1.82, 2.24) is 4.98 Å². The molecule has 0 bridgehead atoms. The van der Waals surface area contributed by atoms with E-state index in [-0.39, 0.29) is 5.69 Å².